The Hall–Kier alpha value is -0.770. The van der Waals surface area contributed by atoms with E-state index in [-0.39, 0.29) is 0 Å². The molecule has 0 saturated carbocycles. The number of allylic oxidation sites excluding steroid dienone is 1. The lowest BCUT2D eigenvalue weighted by atomic mass is 10.6. The minimum Gasteiger partial charge on any atom is -0.304 e. The van der Waals surface area contributed by atoms with Crippen molar-refractivity contribution in [2.24, 2.45) is 0 Å². The van der Waals surface area contributed by atoms with Gasteiger partial charge < -0.3 is 4.57 Å². The molecule has 0 radical (unpaired) electrons. The molecule has 2 heterocycles. The Morgan fingerprint density at radius 3 is 3.56 bits per heavy atom. The molecule has 0 bridgehead atoms. The molecule has 0 unspecified atom stereocenters. The fourth-order valence-corrected chi connectivity index (χ4v) is 1.38. The zero-order chi connectivity index (χ0) is 6.10. The number of hydrogen-bond acceptors (Lipinski definition) is 3. The predicted molar refractivity (Wildman–Crippen MR) is 35.0 cm³/mol. The molecule has 2 rings (SSSR count). The number of aromatic nitrogens is 3. The monoisotopic (exact) mass is 139 g/mol. The number of hydrogen-bond donors (Lipinski definition) is 0. The smallest absolute Gasteiger partial charge is 0.195 e. The first-order valence-electron chi connectivity index (χ1n) is 2.66. The van der Waals surface area contributed by atoms with Gasteiger partial charge in [-0.25, -0.2) is 0 Å². The second-order valence-electron chi connectivity index (χ2n) is 1.76. The van der Waals surface area contributed by atoms with Crippen molar-refractivity contribution in [1.29, 1.82) is 0 Å². The zero-order valence-electron chi connectivity index (χ0n) is 4.69. The van der Waals surface area contributed by atoms with Crippen LogP contribution in [0.2, 0.25) is 0 Å². The molecule has 0 spiro atoms. The molecule has 3 nitrogen and oxygen atoms in total. The van der Waals surface area contributed by atoms with Crippen molar-refractivity contribution in [2.75, 3.05) is 0 Å². The molecule has 0 aliphatic carbocycles. The first-order valence-corrected chi connectivity index (χ1v) is 3.54. The quantitative estimate of drug-likeness (QED) is 0.535. The summed E-state index contributed by atoms with van der Waals surface area (Å²) in [4.78, 5) is 0. The van der Waals surface area contributed by atoms with Gasteiger partial charge in [0.15, 0.2) is 5.16 Å². The Kier molecular flexibility index (Phi) is 1.05. The minimum absolute atomic E-state index is 0.912. The van der Waals surface area contributed by atoms with E-state index in [0.717, 1.165) is 11.7 Å². The first kappa shape index (κ1) is 5.05. The summed E-state index contributed by atoms with van der Waals surface area (Å²) in [5, 5.41) is 10.7. The van der Waals surface area contributed by atoms with Crippen LogP contribution in [0.4, 0.5) is 0 Å². The van der Waals surface area contributed by atoms with Gasteiger partial charge in [0.25, 0.3) is 0 Å². The molecule has 9 heavy (non-hydrogen) atoms. The second kappa shape index (κ2) is 1.88. The molecule has 4 heteroatoms. The van der Waals surface area contributed by atoms with Crippen molar-refractivity contribution >= 4 is 11.8 Å². The number of rotatable bonds is 0. The number of fused-ring (bicyclic) bond motifs is 1. The predicted octanol–water partition coefficient (Wildman–Crippen LogP) is 0.897. The van der Waals surface area contributed by atoms with E-state index in [9.17, 15) is 0 Å². The van der Waals surface area contributed by atoms with Gasteiger partial charge in [-0.2, -0.15) is 0 Å². The zero-order valence-corrected chi connectivity index (χ0v) is 5.51. The normalized spacial score (nSPS) is 15.6. The highest BCUT2D eigenvalue weighted by molar-refractivity contribution is 8.02. The third-order valence-corrected chi connectivity index (χ3v) is 2.01. The van der Waals surface area contributed by atoms with Gasteiger partial charge in [0, 0.05) is 6.54 Å². The van der Waals surface area contributed by atoms with Crippen LogP contribution in [0.15, 0.2) is 23.0 Å². The van der Waals surface area contributed by atoms with Crippen LogP contribution in [0.25, 0.3) is 0 Å². The summed E-state index contributed by atoms with van der Waals surface area (Å²) in [6.45, 7) is 0.912. The Bertz CT molecular complexity index is 218. The molecule has 0 amide bonds. The summed E-state index contributed by atoms with van der Waals surface area (Å²) >= 11 is 1.60. The van der Waals surface area contributed by atoms with Crippen LogP contribution in [0.3, 0.4) is 0 Å². The van der Waals surface area contributed by atoms with Crippen LogP contribution in [0, 0.1) is 0 Å². The van der Waals surface area contributed by atoms with Gasteiger partial charge in [-0.05, 0) is 5.41 Å². The SMILES string of the molecule is C1=CSc2nncn2C1. The van der Waals surface area contributed by atoms with Crippen LogP contribution in [-0.2, 0) is 6.54 Å². The second-order valence-corrected chi connectivity index (χ2v) is 2.63. The molecular formula is C5H5N3S. The molecule has 46 valence electrons. The Morgan fingerprint density at radius 1 is 1.67 bits per heavy atom. The highest BCUT2D eigenvalue weighted by Crippen LogP contribution is 2.19. The van der Waals surface area contributed by atoms with Gasteiger partial charge >= 0.3 is 0 Å². The fourth-order valence-electron chi connectivity index (χ4n) is 0.726. The van der Waals surface area contributed by atoms with Crippen LogP contribution in [0.5, 0.6) is 0 Å². The molecule has 0 N–H and O–H groups in total. The topological polar surface area (TPSA) is 30.7 Å². The molecule has 1 aromatic heterocycles. The molecule has 1 aliphatic rings. The average Bonchev–Trinajstić information content (AvgIpc) is 2.33. The van der Waals surface area contributed by atoms with Gasteiger partial charge in [-0.1, -0.05) is 17.8 Å². The summed E-state index contributed by atoms with van der Waals surface area (Å²) in [5.41, 5.74) is 0. The summed E-state index contributed by atoms with van der Waals surface area (Å²) in [6, 6.07) is 0. The van der Waals surface area contributed by atoms with Crippen molar-refractivity contribution in [3.63, 3.8) is 0 Å². The van der Waals surface area contributed by atoms with E-state index in [4.69, 9.17) is 0 Å². The van der Waals surface area contributed by atoms with Crippen molar-refractivity contribution < 1.29 is 0 Å². The first-order chi connectivity index (χ1) is 4.47. The molecule has 1 aliphatic heterocycles. The average molecular weight is 139 g/mol. The lowest BCUT2D eigenvalue weighted by Crippen LogP contribution is -1.97. The van der Waals surface area contributed by atoms with E-state index in [1.165, 1.54) is 0 Å². The van der Waals surface area contributed by atoms with Gasteiger partial charge in [-0.3, -0.25) is 0 Å². The third-order valence-electron chi connectivity index (χ3n) is 1.15. The van der Waals surface area contributed by atoms with E-state index >= 15 is 0 Å². The standard InChI is InChI=1S/C5H5N3S/c1-2-8-4-6-7-5(8)9-3-1/h1,3-4H,2H2. The summed E-state index contributed by atoms with van der Waals surface area (Å²) < 4.78 is 2.00. The van der Waals surface area contributed by atoms with Crippen molar-refractivity contribution in [3.8, 4) is 0 Å². The molecule has 1 aromatic rings. The maximum absolute atomic E-state index is 3.88. The maximum atomic E-state index is 3.88. The van der Waals surface area contributed by atoms with E-state index in [1.54, 1.807) is 18.1 Å². The number of thioether (sulfide) groups is 1. The van der Waals surface area contributed by atoms with E-state index in [0.29, 0.717) is 0 Å². The van der Waals surface area contributed by atoms with Crippen LogP contribution < -0.4 is 0 Å². The largest absolute Gasteiger partial charge is 0.304 e. The lowest BCUT2D eigenvalue weighted by molar-refractivity contribution is 0.720. The molecular weight excluding hydrogens is 134 g/mol. The molecule has 0 saturated heterocycles. The Morgan fingerprint density at radius 2 is 2.67 bits per heavy atom. The molecule has 0 fully saturated rings. The van der Waals surface area contributed by atoms with E-state index in [2.05, 4.69) is 16.3 Å². The maximum Gasteiger partial charge on any atom is 0.195 e. The minimum atomic E-state index is 0.912. The van der Waals surface area contributed by atoms with E-state index in [1.807, 2.05) is 9.98 Å². The van der Waals surface area contributed by atoms with E-state index < -0.39 is 0 Å². The summed E-state index contributed by atoms with van der Waals surface area (Å²) in [6.07, 6.45) is 3.83. The van der Waals surface area contributed by atoms with Gasteiger partial charge in [0.1, 0.15) is 6.33 Å². The Balaban J connectivity index is 2.46. The Labute approximate surface area is 56.8 Å². The fraction of sp³-hybridized carbons (Fsp3) is 0.200. The van der Waals surface area contributed by atoms with Crippen LogP contribution in [0.1, 0.15) is 0 Å². The van der Waals surface area contributed by atoms with Crippen LogP contribution >= 0.6 is 11.8 Å². The van der Waals surface area contributed by atoms with Crippen LogP contribution in [-0.4, -0.2) is 14.8 Å². The van der Waals surface area contributed by atoms with Gasteiger partial charge in [0.05, 0.1) is 0 Å². The molecule has 0 aromatic carbocycles. The van der Waals surface area contributed by atoms with Crippen molar-refractivity contribution in [1.82, 2.24) is 14.8 Å². The van der Waals surface area contributed by atoms with Crippen molar-refractivity contribution in [3.05, 3.63) is 17.8 Å². The summed E-state index contributed by atoms with van der Waals surface area (Å²) in [5.74, 6) is 0. The summed E-state index contributed by atoms with van der Waals surface area (Å²) in [7, 11) is 0. The highest BCUT2D eigenvalue weighted by atomic mass is 32.2. The van der Waals surface area contributed by atoms with Crippen molar-refractivity contribution in [2.45, 2.75) is 11.7 Å². The number of nitrogens with zero attached hydrogens (tertiary/aromatic N) is 3. The third kappa shape index (κ3) is 0.751. The lowest BCUT2D eigenvalue weighted by Gasteiger charge is -2.03. The highest BCUT2D eigenvalue weighted by Gasteiger charge is 2.03. The van der Waals surface area contributed by atoms with Gasteiger partial charge in [-0.15, -0.1) is 10.2 Å². The molecule has 0 atom stereocenters. The van der Waals surface area contributed by atoms with Gasteiger partial charge in [0.2, 0.25) is 0 Å².